The molecule has 0 amide bonds. The molecule has 2 rings (SSSR count). The third-order valence-electron chi connectivity index (χ3n) is 2.93. The quantitative estimate of drug-likeness (QED) is 0.349. The fourth-order valence-corrected chi connectivity index (χ4v) is 3.53. The average Bonchev–Trinajstić information content (AvgIpc) is 2.42. The van der Waals surface area contributed by atoms with Crippen LogP contribution >= 0.6 is 23.2 Å². The lowest BCUT2D eigenvalue weighted by Crippen LogP contribution is -2.29. The van der Waals surface area contributed by atoms with Crippen molar-refractivity contribution in [1.29, 1.82) is 0 Å². The zero-order valence-electron chi connectivity index (χ0n) is 6.56. The van der Waals surface area contributed by atoms with E-state index in [1.165, 1.54) is 12.8 Å². The Labute approximate surface area is 80.4 Å². The summed E-state index contributed by atoms with van der Waals surface area (Å²) in [6.45, 7) is 0. The minimum Gasteiger partial charge on any atom is -0.107 e. The van der Waals surface area contributed by atoms with Crippen LogP contribution < -0.4 is 0 Å². The molecule has 0 aromatic rings. The number of allylic oxidation sites excluding steroid dienone is 2. The van der Waals surface area contributed by atoms with Crippen LogP contribution in [0, 0.1) is 17.8 Å². The molecule has 0 radical (unpaired) electrons. The van der Waals surface area contributed by atoms with Crippen LogP contribution in [0.3, 0.4) is 0 Å². The van der Waals surface area contributed by atoms with Crippen LogP contribution in [0.5, 0.6) is 0 Å². The second-order valence-corrected chi connectivity index (χ2v) is 8.45. The molecule has 11 heavy (non-hydrogen) atoms. The summed E-state index contributed by atoms with van der Waals surface area (Å²) in [4.78, 5) is 0. The van der Waals surface area contributed by atoms with Gasteiger partial charge in [-0.25, -0.2) is 0 Å². The van der Waals surface area contributed by atoms with E-state index in [0.717, 1.165) is 16.2 Å². The van der Waals surface area contributed by atoms with Gasteiger partial charge in [0.2, 0.25) is 0 Å². The van der Waals surface area contributed by atoms with Crippen LogP contribution in [0.4, 0.5) is 0 Å². The number of rotatable bonds is 1. The van der Waals surface area contributed by atoms with Gasteiger partial charge < -0.3 is 0 Å². The fourth-order valence-electron chi connectivity index (χ4n) is 2.36. The number of fused-ring (bicyclic) bond motifs is 2. The van der Waals surface area contributed by atoms with Crippen LogP contribution in [0.25, 0.3) is 0 Å². The van der Waals surface area contributed by atoms with E-state index >= 15 is 0 Å². The number of hydrogen-bond donors (Lipinski definition) is 0. The van der Waals surface area contributed by atoms with Crippen LogP contribution in [0.1, 0.15) is 12.8 Å². The number of halogens is 2. The van der Waals surface area contributed by atoms with E-state index in [1.807, 2.05) is 0 Å². The average molecular weight is 207 g/mol. The Kier molecular flexibility index (Phi) is 1.86. The van der Waals surface area contributed by atoms with E-state index < -0.39 is 0 Å². The van der Waals surface area contributed by atoms with Gasteiger partial charge in [0.1, 0.15) is 3.96 Å². The van der Waals surface area contributed by atoms with Gasteiger partial charge in [-0.1, -0.05) is 12.2 Å². The molecule has 0 N–H and O–H groups in total. The molecule has 0 nitrogen and oxygen atoms in total. The van der Waals surface area contributed by atoms with Gasteiger partial charge in [-0.05, 0) is 30.6 Å². The Morgan fingerprint density at radius 3 is 2.27 bits per heavy atom. The highest BCUT2D eigenvalue weighted by Gasteiger charge is 2.44. The maximum atomic E-state index is 6.13. The molecule has 3 unspecified atom stereocenters. The molecule has 2 aliphatic rings. The molecule has 0 aromatic heterocycles. The topological polar surface area (TPSA) is 0 Å². The monoisotopic (exact) mass is 206 g/mol. The van der Waals surface area contributed by atoms with Crippen molar-refractivity contribution in [3.8, 4) is 0 Å². The number of alkyl halides is 2. The van der Waals surface area contributed by atoms with Crippen molar-refractivity contribution in [1.82, 2.24) is 0 Å². The Balaban J connectivity index is 2.15. The molecule has 1 fully saturated rings. The predicted molar refractivity (Wildman–Crippen MR) is 53.2 cm³/mol. The molecular formula is C8H12Cl2Si. The van der Waals surface area contributed by atoms with E-state index in [9.17, 15) is 0 Å². The standard InChI is InChI=1S/C8H12Cl2Si/c9-8(10,11)7-4-5-1-2-6(7)3-5/h1-2,5-7H,3-4H2,11H3. The second kappa shape index (κ2) is 2.51. The van der Waals surface area contributed by atoms with Crippen LogP contribution in [0.2, 0.25) is 0 Å². The van der Waals surface area contributed by atoms with Gasteiger partial charge >= 0.3 is 0 Å². The molecule has 3 atom stereocenters. The second-order valence-electron chi connectivity index (χ2n) is 3.84. The van der Waals surface area contributed by atoms with Gasteiger partial charge in [0.15, 0.2) is 0 Å². The summed E-state index contributed by atoms with van der Waals surface area (Å²) in [5.41, 5.74) is 0. The van der Waals surface area contributed by atoms with Crippen molar-refractivity contribution in [2.45, 2.75) is 16.8 Å². The van der Waals surface area contributed by atoms with Crippen molar-refractivity contribution >= 4 is 33.4 Å². The van der Waals surface area contributed by atoms with E-state index in [-0.39, 0.29) is 3.96 Å². The highest BCUT2D eigenvalue weighted by molar-refractivity contribution is 6.65. The lowest BCUT2D eigenvalue weighted by atomic mass is 9.95. The highest BCUT2D eigenvalue weighted by atomic mass is 35.5. The summed E-state index contributed by atoms with van der Waals surface area (Å²) in [5, 5.41) is 0. The summed E-state index contributed by atoms with van der Waals surface area (Å²) in [6.07, 6.45) is 7.14. The maximum absolute atomic E-state index is 6.13. The molecule has 0 heterocycles. The normalized spacial score (nSPS) is 42.2. The molecule has 0 spiro atoms. The first kappa shape index (κ1) is 8.15. The van der Waals surface area contributed by atoms with E-state index in [4.69, 9.17) is 23.2 Å². The van der Waals surface area contributed by atoms with Crippen LogP contribution in [0.15, 0.2) is 12.2 Å². The fraction of sp³-hybridized carbons (Fsp3) is 0.750. The molecular weight excluding hydrogens is 195 g/mol. The van der Waals surface area contributed by atoms with Gasteiger partial charge in [0.05, 0.1) is 0 Å². The van der Waals surface area contributed by atoms with Crippen molar-refractivity contribution in [2.24, 2.45) is 17.8 Å². The molecule has 0 saturated heterocycles. The summed E-state index contributed by atoms with van der Waals surface area (Å²) in [6, 6.07) is 0. The highest BCUT2D eigenvalue weighted by Crippen LogP contribution is 2.50. The lowest BCUT2D eigenvalue weighted by Gasteiger charge is -2.27. The van der Waals surface area contributed by atoms with E-state index in [1.54, 1.807) is 0 Å². The van der Waals surface area contributed by atoms with Crippen molar-refractivity contribution in [2.75, 3.05) is 0 Å². The minimum atomic E-state index is -0.385. The predicted octanol–water partition coefficient (Wildman–Crippen LogP) is 1.70. The summed E-state index contributed by atoms with van der Waals surface area (Å²) >= 11 is 12.3. The molecule has 0 aromatic carbocycles. The Morgan fingerprint density at radius 2 is 2.00 bits per heavy atom. The maximum Gasteiger partial charge on any atom is 0.100 e. The first-order valence-corrected chi connectivity index (χ1v) is 5.89. The largest absolute Gasteiger partial charge is 0.107 e. The molecule has 2 bridgehead atoms. The number of hydrogen-bond acceptors (Lipinski definition) is 0. The molecule has 3 heteroatoms. The lowest BCUT2D eigenvalue weighted by molar-refractivity contribution is 0.456. The summed E-state index contributed by atoms with van der Waals surface area (Å²) in [7, 11) is 0.881. The zero-order valence-corrected chi connectivity index (χ0v) is 10.1. The van der Waals surface area contributed by atoms with Crippen molar-refractivity contribution < 1.29 is 0 Å². The Bertz CT molecular complexity index is 195. The first-order chi connectivity index (χ1) is 5.07. The molecule has 0 aliphatic heterocycles. The minimum absolute atomic E-state index is 0.385. The molecule has 2 aliphatic carbocycles. The van der Waals surface area contributed by atoms with Gasteiger partial charge in [0, 0.05) is 10.2 Å². The van der Waals surface area contributed by atoms with Gasteiger partial charge in [-0.15, -0.1) is 23.2 Å². The smallest absolute Gasteiger partial charge is 0.100 e. The molecule has 62 valence electrons. The van der Waals surface area contributed by atoms with E-state index in [2.05, 4.69) is 12.2 Å². The first-order valence-electron chi connectivity index (χ1n) is 4.13. The Morgan fingerprint density at radius 1 is 1.27 bits per heavy atom. The Hall–Kier alpha value is 0.537. The summed E-state index contributed by atoms with van der Waals surface area (Å²) in [5.74, 6) is 2.02. The van der Waals surface area contributed by atoms with Gasteiger partial charge in [0.25, 0.3) is 0 Å². The van der Waals surface area contributed by atoms with E-state index in [0.29, 0.717) is 11.8 Å². The SMILES string of the molecule is [SiH3]C(Cl)(Cl)C1CC2C=CC1C2. The van der Waals surface area contributed by atoms with Crippen molar-refractivity contribution in [3.05, 3.63) is 12.2 Å². The summed E-state index contributed by atoms with van der Waals surface area (Å²) < 4.78 is -0.385. The van der Waals surface area contributed by atoms with Gasteiger partial charge in [-0.2, -0.15) is 0 Å². The van der Waals surface area contributed by atoms with Crippen molar-refractivity contribution in [3.63, 3.8) is 0 Å². The molecule has 1 saturated carbocycles. The van der Waals surface area contributed by atoms with Crippen LogP contribution in [-0.4, -0.2) is 14.2 Å². The van der Waals surface area contributed by atoms with Crippen LogP contribution in [-0.2, 0) is 0 Å². The van der Waals surface area contributed by atoms with Gasteiger partial charge in [-0.3, -0.25) is 0 Å². The third-order valence-corrected chi connectivity index (χ3v) is 4.23. The third kappa shape index (κ3) is 1.39. The zero-order chi connectivity index (χ0) is 8.06.